The minimum Gasteiger partial charge on any atom is -0.345 e. The molecule has 2 heterocycles. The summed E-state index contributed by atoms with van der Waals surface area (Å²) in [5, 5.41) is 0.578. The Morgan fingerprint density at radius 2 is 2.19 bits per heavy atom. The van der Waals surface area contributed by atoms with E-state index in [1.807, 2.05) is 20.8 Å². The van der Waals surface area contributed by atoms with E-state index < -0.39 is 15.6 Å². The molecular formula is C14H22N4O2S. The lowest BCUT2D eigenvalue weighted by atomic mass is 9.92. The molecule has 0 saturated heterocycles. The number of H-pyrrole nitrogens is 1. The summed E-state index contributed by atoms with van der Waals surface area (Å²) < 4.78 is 28.0. The fourth-order valence-electron chi connectivity index (χ4n) is 2.60. The Kier molecular flexibility index (Phi) is 4.36. The smallest absolute Gasteiger partial charge is 0.243 e. The lowest BCUT2D eigenvalue weighted by Gasteiger charge is -2.30. The molecule has 21 heavy (non-hydrogen) atoms. The summed E-state index contributed by atoms with van der Waals surface area (Å²) in [4.78, 5) is 7.19. The number of hydrogen-bond donors (Lipinski definition) is 3. The van der Waals surface area contributed by atoms with Gasteiger partial charge in [0.05, 0.1) is 0 Å². The molecule has 2 aromatic rings. The van der Waals surface area contributed by atoms with E-state index in [4.69, 9.17) is 5.73 Å². The van der Waals surface area contributed by atoms with Crippen molar-refractivity contribution in [3.8, 4) is 0 Å². The molecule has 0 spiro atoms. The maximum Gasteiger partial charge on any atom is 0.243 e. The molecule has 0 bridgehead atoms. The number of nitrogens with one attached hydrogen (secondary N) is 2. The molecule has 1 unspecified atom stereocenters. The molecule has 0 radical (unpaired) electrons. The molecule has 7 heteroatoms. The Morgan fingerprint density at radius 1 is 1.48 bits per heavy atom. The third-order valence-electron chi connectivity index (χ3n) is 3.39. The van der Waals surface area contributed by atoms with Crippen LogP contribution in [0.1, 0.15) is 27.2 Å². The van der Waals surface area contributed by atoms with Crippen LogP contribution >= 0.6 is 0 Å². The van der Waals surface area contributed by atoms with Crippen molar-refractivity contribution in [1.82, 2.24) is 14.7 Å². The highest BCUT2D eigenvalue weighted by Gasteiger charge is 2.31. The van der Waals surface area contributed by atoms with Gasteiger partial charge in [0, 0.05) is 29.9 Å². The molecule has 0 aliphatic heterocycles. The lowest BCUT2D eigenvalue weighted by Crippen LogP contribution is -2.51. The zero-order chi connectivity index (χ0) is 15.7. The summed E-state index contributed by atoms with van der Waals surface area (Å²) in [6.45, 7) is 6.15. The van der Waals surface area contributed by atoms with Crippen LogP contribution in [-0.2, 0) is 10.0 Å². The number of nitrogens with two attached hydrogens (primary N) is 1. The fraction of sp³-hybridized carbons (Fsp3) is 0.500. The molecular weight excluding hydrogens is 288 g/mol. The first-order chi connectivity index (χ1) is 9.77. The van der Waals surface area contributed by atoms with Crippen LogP contribution in [0, 0.1) is 5.92 Å². The second-order valence-corrected chi connectivity index (χ2v) is 7.67. The van der Waals surface area contributed by atoms with Crippen LogP contribution in [0.5, 0.6) is 0 Å². The maximum atomic E-state index is 12.6. The second kappa shape index (κ2) is 5.75. The summed E-state index contributed by atoms with van der Waals surface area (Å²) in [6, 6.07) is 3.45. The SMILES string of the molecule is CC(C)CC(C)(CN)NS(=O)(=O)c1c[nH]c2ncccc12. The number of sulfonamides is 1. The lowest BCUT2D eigenvalue weighted by molar-refractivity contribution is 0.344. The van der Waals surface area contributed by atoms with Gasteiger partial charge in [-0.05, 0) is 31.4 Å². The molecule has 0 amide bonds. The predicted octanol–water partition coefficient (Wildman–Crippen LogP) is 1.60. The second-order valence-electron chi connectivity index (χ2n) is 6.02. The van der Waals surface area contributed by atoms with E-state index in [9.17, 15) is 8.42 Å². The number of pyridine rings is 1. The van der Waals surface area contributed by atoms with Crippen molar-refractivity contribution in [1.29, 1.82) is 0 Å². The van der Waals surface area contributed by atoms with Gasteiger partial charge < -0.3 is 10.7 Å². The molecule has 0 aliphatic rings. The van der Waals surface area contributed by atoms with Gasteiger partial charge in [0.1, 0.15) is 10.5 Å². The van der Waals surface area contributed by atoms with Crippen molar-refractivity contribution in [3.63, 3.8) is 0 Å². The molecule has 4 N–H and O–H groups in total. The van der Waals surface area contributed by atoms with E-state index in [1.54, 1.807) is 18.3 Å². The van der Waals surface area contributed by atoms with Crippen molar-refractivity contribution >= 4 is 21.1 Å². The molecule has 0 saturated carbocycles. The van der Waals surface area contributed by atoms with E-state index in [0.717, 1.165) is 0 Å². The van der Waals surface area contributed by atoms with Crippen LogP contribution in [0.25, 0.3) is 11.0 Å². The number of hydrogen-bond acceptors (Lipinski definition) is 4. The summed E-state index contributed by atoms with van der Waals surface area (Å²) >= 11 is 0. The van der Waals surface area contributed by atoms with Crippen molar-refractivity contribution < 1.29 is 8.42 Å². The van der Waals surface area contributed by atoms with Crippen molar-refractivity contribution in [3.05, 3.63) is 24.5 Å². The van der Waals surface area contributed by atoms with Gasteiger partial charge in [-0.2, -0.15) is 0 Å². The van der Waals surface area contributed by atoms with Gasteiger partial charge >= 0.3 is 0 Å². The highest BCUT2D eigenvalue weighted by molar-refractivity contribution is 7.89. The summed E-state index contributed by atoms with van der Waals surface area (Å²) in [7, 11) is -3.66. The zero-order valence-corrected chi connectivity index (χ0v) is 13.4. The van der Waals surface area contributed by atoms with Gasteiger partial charge in [-0.25, -0.2) is 18.1 Å². The highest BCUT2D eigenvalue weighted by Crippen LogP contribution is 2.24. The van der Waals surface area contributed by atoms with E-state index in [1.165, 1.54) is 6.20 Å². The van der Waals surface area contributed by atoms with E-state index in [0.29, 0.717) is 23.4 Å². The fourth-order valence-corrected chi connectivity index (χ4v) is 4.19. The van der Waals surface area contributed by atoms with Gasteiger partial charge in [-0.1, -0.05) is 13.8 Å². The molecule has 0 fully saturated rings. The van der Waals surface area contributed by atoms with Crippen LogP contribution in [-0.4, -0.2) is 30.5 Å². The first kappa shape index (κ1) is 15.9. The van der Waals surface area contributed by atoms with Crippen LogP contribution in [0.2, 0.25) is 0 Å². The molecule has 2 aromatic heterocycles. The first-order valence-electron chi connectivity index (χ1n) is 6.93. The highest BCUT2D eigenvalue weighted by atomic mass is 32.2. The van der Waals surface area contributed by atoms with E-state index in [-0.39, 0.29) is 11.4 Å². The Morgan fingerprint density at radius 3 is 2.81 bits per heavy atom. The average Bonchev–Trinajstić information content (AvgIpc) is 2.81. The third kappa shape index (κ3) is 3.42. The standard InChI is InChI=1S/C14H22N4O2S/c1-10(2)7-14(3,9-15)18-21(19,20)12-8-17-13-11(12)5-4-6-16-13/h4-6,8,10,18H,7,9,15H2,1-3H3,(H,16,17). The number of rotatable bonds is 6. The summed E-state index contributed by atoms with van der Waals surface area (Å²) in [5.74, 6) is 0.339. The Labute approximate surface area is 125 Å². The van der Waals surface area contributed by atoms with Gasteiger partial charge in [-0.15, -0.1) is 0 Å². The minimum absolute atomic E-state index is 0.203. The van der Waals surface area contributed by atoms with Crippen LogP contribution in [0.15, 0.2) is 29.4 Å². The van der Waals surface area contributed by atoms with Crippen LogP contribution in [0.4, 0.5) is 0 Å². The van der Waals surface area contributed by atoms with Gasteiger partial charge in [0.2, 0.25) is 10.0 Å². The monoisotopic (exact) mass is 310 g/mol. The molecule has 0 aliphatic carbocycles. The van der Waals surface area contributed by atoms with Gasteiger partial charge in [-0.3, -0.25) is 0 Å². The molecule has 0 aromatic carbocycles. The first-order valence-corrected chi connectivity index (χ1v) is 8.42. The molecule has 1 atom stereocenters. The number of nitrogens with zero attached hydrogens (tertiary/aromatic N) is 1. The Balaban J connectivity index is 2.38. The van der Waals surface area contributed by atoms with Crippen LogP contribution in [0.3, 0.4) is 0 Å². The summed E-state index contributed by atoms with van der Waals surface area (Å²) in [5.41, 5.74) is 5.67. The van der Waals surface area contributed by atoms with E-state index >= 15 is 0 Å². The van der Waals surface area contributed by atoms with Crippen molar-refractivity contribution in [2.45, 2.75) is 37.6 Å². The van der Waals surface area contributed by atoms with Crippen molar-refractivity contribution in [2.24, 2.45) is 11.7 Å². The topological polar surface area (TPSA) is 101 Å². The normalized spacial score (nSPS) is 15.5. The molecule has 116 valence electrons. The molecule has 6 nitrogen and oxygen atoms in total. The zero-order valence-electron chi connectivity index (χ0n) is 12.6. The quantitative estimate of drug-likeness (QED) is 0.754. The Hall–Kier alpha value is -1.44. The third-order valence-corrected chi connectivity index (χ3v) is 5.07. The Bertz CT molecular complexity index is 723. The maximum absolute atomic E-state index is 12.6. The van der Waals surface area contributed by atoms with E-state index in [2.05, 4.69) is 14.7 Å². The average molecular weight is 310 g/mol. The molecule has 2 rings (SSSR count). The number of aromatic amines is 1. The largest absolute Gasteiger partial charge is 0.345 e. The summed E-state index contributed by atoms with van der Waals surface area (Å²) in [6.07, 6.45) is 3.75. The predicted molar refractivity (Wildman–Crippen MR) is 83.3 cm³/mol. The number of aromatic nitrogens is 2. The van der Waals surface area contributed by atoms with Gasteiger partial charge in [0.25, 0.3) is 0 Å². The minimum atomic E-state index is -3.66. The van der Waals surface area contributed by atoms with Crippen LogP contribution < -0.4 is 10.5 Å². The number of fused-ring (bicyclic) bond motifs is 1. The van der Waals surface area contributed by atoms with Crippen molar-refractivity contribution in [2.75, 3.05) is 6.54 Å². The van der Waals surface area contributed by atoms with Gasteiger partial charge in [0.15, 0.2) is 0 Å².